The maximum Gasteiger partial charge on any atom is 0.205 e. The van der Waals surface area contributed by atoms with E-state index < -0.39 is 9.84 Å². The SMILES string of the molecule is O=S1(=O)C=C2CCCN2c2ccncc21. The maximum absolute atomic E-state index is 11.9. The third kappa shape index (κ3) is 1.19. The third-order valence-corrected chi connectivity index (χ3v) is 4.32. The molecule has 0 radical (unpaired) electrons. The van der Waals surface area contributed by atoms with Crippen molar-refractivity contribution in [2.75, 3.05) is 11.4 Å². The van der Waals surface area contributed by atoms with Crippen molar-refractivity contribution in [3.8, 4) is 0 Å². The number of nitrogens with zero attached hydrogens (tertiary/aromatic N) is 2. The van der Waals surface area contributed by atoms with Crippen LogP contribution in [0.3, 0.4) is 0 Å². The summed E-state index contributed by atoms with van der Waals surface area (Å²) in [6.07, 6.45) is 4.93. The Morgan fingerprint density at radius 3 is 3.13 bits per heavy atom. The Morgan fingerprint density at radius 1 is 1.40 bits per heavy atom. The van der Waals surface area contributed by atoms with Crippen LogP contribution in [0.4, 0.5) is 5.69 Å². The minimum atomic E-state index is -3.26. The Hall–Kier alpha value is -1.36. The molecule has 0 N–H and O–H groups in total. The molecule has 0 atom stereocenters. The molecule has 1 saturated heterocycles. The average Bonchev–Trinajstić information content (AvgIpc) is 2.65. The summed E-state index contributed by atoms with van der Waals surface area (Å²) >= 11 is 0. The number of allylic oxidation sites excluding steroid dienone is 1. The van der Waals surface area contributed by atoms with Gasteiger partial charge in [0.1, 0.15) is 4.90 Å². The summed E-state index contributed by atoms with van der Waals surface area (Å²) in [5, 5.41) is 1.38. The molecule has 1 fully saturated rings. The van der Waals surface area contributed by atoms with Gasteiger partial charge in [0.2, 0.25) is 9.84 Å². The van der Waals surface area contributed by atoms with Gasteiger partial charge in [-0.1, -0.05) is 0 Å². The number of hydrogen-bond acceptors (Lipinski definition) is 4. The summed E-state index contributed by atoms with van der Waals surface area (Å²) in [5.74, 6) is 0. The summed E-state index contributed by atoms with van der Waals surface area (Å²) in [5.41, 5.74) is 1.69. The highest BCUT2D eigenvalue weighted by atomic mass is 32.2. The van der Waals surface area contributed by atoms with Crippen LogP contribution < -0.4 is 4.90 Å². The Kier molecular flexibility index (Phi) is 1.68. The normalized spacial score (nSPS) is 21.9. The van der Waals surface area contributed by atoms with Crippen LogP contribution in [-0.2, 0) is 9.84 Å². The van der Waals surface area contributed by atoms with Crippen molar-refractivity contribution in [3.63, 3.8) is 0 Å². The molecular weight excluding hydrogens is 212 g/mol. The smallest absolute Gasteiger partial charge is 0.205 e. The number of anilines is 1. The second-order valence-electron chi connectivity index (χ2n) is 3.75. The molecule has 0 spiro atoms. The lowest BCUT2D eigenvalue weighted by Crippen LogP contribution is -2.23. The van der Waals surface area contributed by atoms with Gasteiger partial charge in [-0.25, -0.2) is 8.42 Å². The predicted octanol–water partition coefficient (Wildman–Crippen LogP) is 1.31. The van der Waals surface area contributed by atoms with Crippen LogP contribution in [0.2, 0.25) is 0 Å². The second-order valence-corrected chi connectivity index (χ2v) is 5.52. The van der Waals surface area contributed by atoms with Crippen molar-refractivity contribution in [2.24, 2.45) is 0 Å². The summed E-state index contributed by atoms with van der Waals surface area (Å²) < 4.78 is 23.7. The molecule has 2 aliphatic heterocycles. The zero-order valence-corrected chi connectivity index (χ0v) is 8.87. The lowest BCUT2D eigenvalue weighted by Gasteiger charge is -2.26. The minimum Gasteiger partial charge on any atom is -0.343 e. The first-order chi connectivity index (χ1) is 7.18. The van der Waals surface area contributed by atoms with Gasteiger partial charge in [-0.3, -0.25) is 4.98 Å². The van der Waals surface area contributed by atoms with Gasteiger partial charge in [0.15, 0.2) is 0 Å². The van der Waals surface area contributed by atoms with E-state index in [4.69, 9.17) is 0 Å². The zero-order chi connectivity index (χ0) is 10.5. The van der Waals surface area contributed by atoms with E-state index in [0.717, 1.165) is 30.8 Å². The topological polar surface area (TPSA) is 50.3 Å². The molecule has 0 amide bonds. The van der Waals surface area contributed by atoms with Crippen LogP contribution in [0, 0.1) is 0 Å². The fraction of sp³-hybridized carbons (Fsp3) is 0.300. The lowest BCUT2D eigenvalue weighted by atomic mass is 10.3. The molecule has 0 aromatic carbocycles. The van der Waals surface area contributed by atoms with Crippen LogP contribution in [0.15, 0.2) is 34.5 Å². The van der Waals surface area contributed by atoms with E-state index in [1.807, 2.05) is 0 Å². The first kappa shape index (κ1) is 8.91. The Labute approximate surface area is 88.2 Å². The molecule has 15 heavy (non-hydrogen) atoms. The molecule has 4 nitrogen and oxygen atoms in total. The lowest BCUT2D eigenvalue weighted by molar-refractivity contribution is 0.602. The van der Waals surface area contributed by atoms with Gasteiger partial charge in [0.05, 0.1) is 11.1 Å². The number of hydrogen-bond donors (Lipinski definition) is 0. The highest BCUT2D eigenvalue weighted by molar-refractivity contribution is 7.94. The van der Waals surface area contributed by atoms with Crippen LogP contribution >= 0.6 is 0 Å². The molecule has 0 saturated carbocycles. The largest absolute Gasteiger partial charge is 0.343 e. The van der Waals surface area contributed by atoms with Gasteiger partial charge in [0.25, 0.3) is 0 Å². The molecule has 1 aromatic heterocycles. The summed E-state index contributed by atoms with van der Waals surface area (Å²) in [6.45, 7) is 0.901. The van der Waals surface area contributed by atoms with Crippen LogP contribution in [-0.4, -0.2) is 19.9 Å². The summed E-state index contributed by atoms with van der Waals surface area (Å²) in [4.78, 5) is 6.27. The van der Waals surface area contributed by atoms with Gasteiger partial charge in [-0.05, 0) is 18.9 Å². The minimum absolute atomic E-state index is 0.329. The standard InChI is InChI=1S/C10H10N2O2S/c13-15(14)7-8-2-1-5-12(8)9-3-4-11-6-10(9)15/h3-4,6-7H,1-2,5H2. The predicted molar refractivity (Wildman–Crippen MR) is 56.1 cm³/mol. The molecular formula is C10H10N2O2S. The quantitative estimate of drug-likeness (QED) is 0.664. The number of pyridine rings is 1. The fourth-order valence-corrected chi connectivity index (χ4v) is 3.56. The van der Waals surface area contributed by atoms with E-state index in [1.54, 1.807) is 12.3 Å². The summed E-state index contributed by atoms with van der Waals surface area (Å²) in [7, 11) is -3.26. The Bertz CT molecular complexity index is 548. The molecule has 3 rings (SSSR count). The van der Waals surface area contributed by atoms with E-state index >= 15 is 0 Å². The fourth-order valence-electron chi connectivity index (χ4n) is 2.15. The first-order valence-electron chi connectivity index (χ1n) is 4.86. The van der Waals surface area contributed by atoms with Crippen LogP contribution in [0.1, 0.15) is 12.8 Å². The monoisotopic (exact) mass is 222 g/mol. The van der Waals surface area contributed by atoms with E-state index in [9.17, 15) is 8.42 Å². The van der Waals surface area contributed by atoms with E-state index in [-0.39, 0.29) is 0 Å². The van der Waals surface area contributed by atoms with Gasteiger partial charge in [-0.15, -0.1) is 0 Å². The Morgan fingerprint density at radius 2 is 2.27 bits per heavy atom. The number of rotatable bonds is 0. The van der Waals surface area contributed by atoms with E-state index in [1.165, 1.54) is 11.6 Å². The van der Waals surface area contributed by atoms with Gasteiger partial charge < -0.3 is 4.90 Å². The van der Waals surface area contributed by atoms with E-state index in [2.05, 4.69) is 9.88 Å². The highest BCUT2D eigenvalue weighted by Crippen LogP contribution is 2.38. The average molecular weight is 222 g/mol. The van der Waals surface area contributed by atoms with Crippen molar-refractivity contribution in [2.45, 2.75) is 17.7 Å². The van der Waals surface area contributed by atoms with Gasteiger partial charge >= 0.3 is 0 Å². The van der Waals surface area contributed by atoms with Crippen molar-refractivity contribution >= 4 is 15.5 Å². The van der Waals surface area contributed by atoms with Crippen molar-refractivity contribution in [1.82, 2.24) is 4.98 Å². The van der Waals surface area contributed by atoms with E-state index in [0.29, 0.717) is 4.90 Å². The van der Waals surface area contributed by atoms with Crippen molar-refractivity contribution in [1.29, 1.82) is 0 Å². The Balaban J connectivity index is 2.32. The molecule has 0 unspecified atom stereocenters. The second kappa shape index (κ2) is 2.82. The highest BCUT2D eigenvalue weighted by Gasteiger charge is 2.31. The number of fused-ring (bicyclic) bond motifs is 3. The van der Waals surface area contributed by atoms with Crippen LogP contribution in [0.5, 0.6) is 0 Å². The molecule has 0 aliphatic carbocycles. The molecule has 2 aliphatic rings. The van der Waals surface area contributed by atoms with Crippen molar-refractivity contribution < 1.29 is 8.42 Å². The van der Waals surface area contributed by atoms with Gasteiger partial charge in [-0.2, -0.15) is 0 Å². The third-order valence-electron chi connectivity index (χ3n) is 2.81. The molecule has 3 heterocycles. The first-order valence-corrected chi connectivity index (χ1v) is 6.40. The molecule has 1 aromatic rings. The number of aromatic nitrogens is 1. The van der Waals surface area contributed by atoms with Gasteiger partial charge in [0, 0.05) is 24.6 Å². The molecule has 5 heteroatoms. The zero-order valence-electron chi connectivity index (χ0n) is 8.05. The molecule has 78 valence electrons. The van der Waals surface area contributed by atoms with Crippen LogP contribution in [0.25, 0.3) is 0 Å². The molecule has 0 bridgehead atoms. The number of sulfone groups is 1. The summed E-state index contributed by atoms with van der Waals surface area (Å²) in [6, 6.07) is 1.77. The van der Waals surface area contributed by atoms with Crippen molar-refractivity contribution in [3.05, 3.63) is 29.6 Å². The maximum atomic E-state index is 11.9.